The summed E-state index contributed by atoms with van der Waals surface area (Å²) in [5.74, 6) is -0.897. The van der Waals surface area contributed by atoms with Gasteiger partial charge in [0.1, 0.15) is 6.04 Å². The zero-order valence-corrected chi connectivity index (χ0v) is 20.2. The predicted octanol–water partition coefficient (Wildman–Crippen LogP) is 3.43. The third kappa shape index (κ3) is 6.46. The number of para-hydroxylation sites is 1. The van der Waals surface area contributed by atoms with E-state index in [1.54, 1.807) is 49.4 Å². The first kappa shape index (κ1) is 25.0. The Morgan fingerprint density at radius 2 is 1.97 bits per heavy atom. The Hall–Kier alpha value is -2.62. The summed E-state index contributed by atoms with van der Waals surface area (Å²) in [6.07, 6.45) is 3.09. The molecule has 8 nitrogen and oxygen atoms in total. The van der Waals surface area contributed by atoms with E-state index >= 15 is 0 Å². The van der Waals surface area contributed by atoms with Crippen LogP contribution in [-0.4, -0.2) is 51.8 Å². The molecule has 1 heterocycles. The number of benzene rings is 2. The second kappa shape index (κ2) is 11.0. The molecular formula is C23H28ClN3O5S. The lowest BCUT2D eigenvalue weighted by atomic mass is 10.1. The molecule has 0 bridgehead atoms. The largest absolute Gasteiger partial charge is 0.376 e. The normalized spacial score (nSPS) is 16.8. The number of hydrogen-bond acceptors (Lipinski definition) is 5. The lowest BCUT2D eigenvalue weighted by Gasteiger charge is -2.30. The minimum absolute atomic E-state index is 0.0128. The van der Waals surface area contributed by atoms with Gasteiger partial charge in [-0.2, -0.15) is 0 Å². The van der Waals surface area contributed by atoms with E-state index in [2.05, 4.69) is 10.6 Å². The van der Waals surface area contributed by atoms with Gasteiger partial charge in [0.2, 0.25) is 15.9 Å². The fraction of sp³-hybridized carbons (Fsp3) is 0.391. The fourth-order valence-electron chi connectivity index (χ4n) is 3.79. The minimum Gasteiger partial charge on any atom is -0.376 e. The monoisotopic (exact) mass is 493 g/mol. The molecule has 0 aromatic heterocycles. The maximum absolute atomic E-state index is 13.2. The molecule has 0 radical (unpaired) electrons. The Kier molecular flexibility index (Phi) is 8.34. The van der Waals surface area contributed by atoms with E-state index in [0.717, 1.165) is 23.4 Å². The Morgan fingerprint density at radius 3 is 2.61 bits per heavy atom. The van der Waals surface area contributed by atoms with Crippen molar-refractivity contribution in [3.8, 4) is 0 Å². The summed E-state index contributed by atoms with van der Waals surface area (Å²) in [5.41, 5.74) is 0.868. The van der Waals surface area contributed by atoms with Crippen molar-refractivity contribution in [3.63, 3.8) is 0 Å². The number of halogens is 1. The van der Waals surface area contributed by atoms with Gasteiger partial charge in [-0.05, 0) is 49.6 Å². The Morgan fingerprint density at radius 1 is 1.21 bits per heavy atom. The number of hydrogen-bond donors (Lipinski definition) is 2. The van der Waals surface area contributed by atoms with Gasteiger partial charge < -0.3 is 15.4 Å². The van der Waals surface area contributed by atoms with Crippen LogP contribution in [0.4, 0.5) is 11.4 Å². The van der Waals surface area contributed by atoms with Crippen LogP contribution in [0.1, 0.15) is 36.5 Å². The van der Waals surface area contributed by atoms with Crippen molar-refractivity contribution < 1.29 is 22.7 Å². The van der Waals surface area contributed by atoms with Gasteiger partial charge in [0.05, 0.1) is 29.3 Å². The maximum atomic E-state index is 13.2. The molecule has 2 atom stereocenters. The summed E-state index contributed by atoms with van der Waals surface area (Å²) >= 11 is 6.05. The molecule has 0 unspecified atom stereocenters. The molecule has 10 heteroatoms. The summed E-state index contributed by atoms with van der Waals surface area (Å²) in [5, 5.41) is 5.93. The molecule has 1 fully saturated rings. The lowest BCUT2D eigenvalue weighted by Crippen LogP contribution is -2.47. The number of anilines is 2. The average Bonchev–Trinajstić information content (AvgIpc) is 3.28. The number of sulfonamides is 1. The molecule has 1 aliphatic rings. The first-order valence-electron chi connectivity index (χ1n) is 10.8. The molecule has 1 aliphatic heterocycles. The number of amides is 2. The molecule has 2 aromatic carbocycles. The number of carbonyl (C=O) groups is 2. The molecule has 0 saturated carbocycles. The summed E-state index contributed by atoms with van der Waals surface area (Å²) < 4.78 is 31.8. The van der Waals surface area contributed by atoms with Gasteiger partial charge in [0.25, 0.3) is 5.91 Å². The van der Waals surface area contributed by atoms with Crippen LogP contribution >= 0.6 is 11.6 Å². The van der Waals surface area contributed by atoms with E-state index in [9.17, 15) is 18.0 Å². The van der Waals surface area contributed by atoms with E-state index in [4.69, 9.17) is 16.3 Å². The summed E-state index contributed by atoms with van der Waals surface area (Å²) in [6.45, 7) is 2.79. The van der Waals surface area contributed by atoms with E-state index in [0.29, 0.717) is 23.9 Å². The molecule has 178 valence electrons. The Labute approximate surface area is 199 Å². The van der Waals surface area contributed by atoms with E-state index in [-0.39, 0.29) is 29.7 Å². The van der Waals surface area contributed by atoms with Crippen LogP contribution in [0.2, 0.25) is 5.02 Å². The standard InChI is InChI=1S/C23H28ClN3O5S/c1-3-21(27(33(2,30)31)17-9-6-8-16(24)14-17)23(29)26-20-12-5-4-11-19(20)22(28)25-15-18-10-7-13-32-18/h4-6,8-9,11-12,14,18,21H,3,7,10,13,15H2,1-2H3,(H,25,28)(H,26,29)/t18-,21-/m0/s1. The quantitative estimate of drug-likeness (QED) is 0.556. The van der Waals surface area contributed by atoms with Crippen LogP contribution in [0.3, 0.4) is 0 Å². The smallest absolute Gasteiger partial charge is 0.253 e. The highest BCUT2D eigenvalue weighted by molar-refractivity contribution is 7.92. The van der Waals surface area contributed by atoms with Gasteiger partial charge in [0, 0.05) is 18.2 Å². The summed E-state index contributed by atoms with van der Waals surface area (Å²) in [4.78, 5) is 26.0. The molecule has 2 amide bonds. The van der Waals surface area contributed by atoms with Crippen molar-refractivity contribution in [2.45, 2.75) is 38.3 Å². The number of nitrogens with one attached hydrogen (secondary N) is 2. The maximum Gasteiger partial charge on any atom is 0.253 e. The fourth-order valence-corrected chi connectivity index (χ4v) is 5.17. The molecule has 33 heavy (non-hydrogen) atoms. The van der Waals surface area contributed by atoms with Crippen LogP contribution in [-0.2, 0) is 19.6 Å². The summed E-state index contributed by atoms with van der Waals surface area (Å²) in [7, 11) is -3.81. The molecule has 1 saturated heterocycles. The highest BCUT2D eigenvalue weighted by atomic mass is 35.5. The number of ether oxygens (including phenoxy) is 1. The average molecular weight is 494 g/mol. The SMILES string of the molecule is CC[C@@H](C(=O)Nc1ccccc1C(=O)NC[C@@H]1CCCO1)N(c1cccc(Cl)c1)S(C)(=O)=O. The highest BCUT2D eigenvalue weighted by Gasteiger charge is 2.32. The van der Waals surface area contributed by atoms with Crippen LogP contribution < -0.4 is 14.9 Å². The van der Waals surface area contributed by atoms with Crippen LogP contribution in [0.25, 0.3) is 0 Å². The second-order valence-corrected chi connectivity index (χ2v) is 10.1. The minimum atomic E-state index is -3.81. The molecular weight excluding hydrogens is 466 g/mol. The number of rotatable bonds is 9. The van der Waals surface area contributed by atoms with Crippen LogP contribution in [0.5, 0.6) is 0 Å². The summed E-state index contributed by atoms with van der Waals surface area (Å²) in [6, 6.07) is 11.9. The number of nitrogens with zero attached hydrogens (tertiary/aromatic N) is 1. The van der Waals surface area contributed by atoms with Crippen molar-refractivity contribution in [1.82, 2.24) is 5.32 Å². The van der Waals surface area contributed by atoms with Gasteiger partial charge in [-0.3, -0.25) is 13.9 Å². The van der Waals surface area contributed by atoms with Crippen LogP contribution in [0, 0.1) is 0 Å². The second-order valence-electron chi connectivity index (χ2n) is 7.84. The molecule has 2 N–H and O–H groups in total. The van der Waals surface area contributed by atoms with Crippen molar-refractivity contribution in [2.75, 3.05) is 29.0 Å². The zero-order chi connectivity index (χ0) is 24.0. The van der Waals surface area contributed by atoms with Crippen LogP contribution in [0.15, 0.2) is 48.5 Å². The van der Waals surface area contributed by atoms with Gasteiger partial charge in [-0.1, -0.05) is 36.7 Å². The number of carbonyl (C=O) groups excluding carboxylic acids is 2. The lowest BCUT2D eigenvalue weighted by molar-refractivity contribution is -0.117. The van der Waals surface area contributed by atoms with Gasteiger partial charge in [-0.25, -0.2) is 8.42 Å². The van der Waals surface area contributed by atoms with Crippen molar-refractivity contribution in [1.29, 1.82) is 0 Å². The Bertz CT molecular complexity index is 1100. The van der Waals surface area contributed by atoms with Gasteiger partial charge >= 0.3 is 0 Å². The van der Waals surface area contributed by atoms with Crippen molar-refractivity contribution in [2.24, 2.45) is 0 Å². The first-order chi connectivity index (χ1) is 15.7. The van der Waals surface area contributed by atoms with Crippen molar-refractivity contribution in [3.05, 3.63) is 59.1 Å². The zero-order valence-electron chi connectivity index (χ0n) is 18.6. The third-order valence-electron chi connectivity index (χ3n) is 5.34. The highest BCUT2D eigenvalue weighted by Crippen LogP contribution is 2.26. The molecule has 2 aromatic rings. The van der Waals surface area contributed by atoms with Gasteiger partial charge in [0.15, 0.2) is 0 Å². The Balaban J connectivity index is 1.82. The van der Waals surface area contributed by atoms with E-state index < -0.39 is 22.0 Å². The van der Waals surface area contributed by atoms with E-state index in [1.807, 2.05) is 0 Å². The molecule has 3 rings (SSSR count). The topological polar surface area (TPSA) is 105 Å². The predicted molar refractivity (Wildman–Crippen MR) is 129 cm³/mol. The third-order valence-corrected chi connectivity index (χ3v) is 6.75. The molecule has 0 spiro atoms. The first-order valence-corrected chi connectivity index (χ1v) is 13.0. The molecule has 0 aliphatic carbocycles. The van der Waals surface area contributed by atoms with Crippen molar-refractivity contribution >= 4 is 44.8 Å². The van der Waals surface area contributed by atoms with Gasteiger partial charge in [-0.15, -0.1) is 0 Å². The van der Waals surface area contributed by atoms with E-state index in [1.165, 1.54) is 6.07 Å².